The normalized spacial score (nSPS) is 22.6. The van der Waals surface area contributed by atoms with Crippen LogP contribution in [0.15, 0.2) is 84.0 Å². The van der Waals surface area contributed by atoms with Crippen molar-refractivity contribution >= 4 is 15.6 Å². The molecule has 0 amide bonds. The average molecular weight is 547 g/mol. The van der Waals surface area contributed by atoms with Crippen LogP contribution in [0.1, 0.15) is 46.6 Å². The fourth-order valence-electron chi connectivity index (χ4n) is 6.48. The Hall–Kier alpha value is -3.65. The van der Waals surface area contributed by atoms with Gasteiger partial charge >= 0.3 is 0 Å². The number of nitrogens with zero attached hydrogens (tertiary/aromatic N) is 2. The largest absolute Gasteiger partial charge is 0.321 e. The number of aromatic nitrogens is 2. The number of benzene rings is 2. The number of pyridine rings is 1. The van der Waals surface area contributed by atoms with Crippen molar-refractivity contribution in [2.75, 3.05) is 0 Å². The molecular weight excluding hydrogens is 518 g/mol. The van der Waals surface area contributed by atoms with E-state index in [0.717, 1.165) is 23.0 Å². The molecule has 1 saturated carbocycles. The molecule has 8 heteroatoms. The van der Waals surface area contributed by atoms with Gasteiger partial charge in [-0.3, -0.25) is 9.78 Å². The molecule has 0 radical (unpaired) electrons. The van der Waals surface area contributed by atoms with Crippen molar-refractivity contribution in [3.8, 4) is 5.69 Å². The van der Waals surface area contributed by atoms with E-state index in [-0.39, 0.29) is 28.8 Å². The predicted molar refractivity (Wildman–Crippen MR) is 144 cm³/mol. The molecule has 0 bridgehead atoms. The highest BCUT2D eigenvalue weighted by Crippen LogP contribution is 2.53. The zero-order chi connectivity index (χ0) is 27.4. The molecule has 3 atom stereocenters. The maximum Gasteiger partial charge on any atom is 0.187 e. The molecule has 2 heterocycles. The molecule has 0 spiro atoms. The van der Waals surface area contributed by atoms with Crippen LogP contribution in [0.4, 0.5) is 8.78 Å². The molecule has 0 aliphatic heterocycles. The number of hydrogen-bond donors (Lipinski definition) is 0. The van der Waals surface area contributed by atoms with Crippen molar-refractivity contribution in [2.24, 2.45) is 11.3 Å². The zero-order valence-corrected chi connectivity index (χ0v) is 22.3. The number of carbonyl (C=O) groups is 1. The van der Waals surface area contributed by atoms with E-state index in [4.69, 9.17) is 0 Å². The van der Waals surface area contributed by atoms with Gasteiger partial charge in [0.2, 0.25) is 0 Å². The minimum Gasteiger partial charge on any atom is -0.321 e. The van der Waals surface area contributed by atoms with Gasteiger partial charge in [-0.2, -0.15) is 0 Å². The number of sulfone groups is 1. The maximum absolute atomic E-state index is 14.4. The van der Waals surface area contributed by atoms with Gasteiger partial charge in [0.05, 0.1) is 10.1 Å². The average Bonchev–Trinajstić information content (AvgIpc) is 3.35. The SMILES string of the molecule is Cc1ccc(S(=O)(=O)[C@H]2CCC3Cc4c(ccn4-c4ccc(F)cc4)C[C@]3(C(=O)c3ccccn3)C2)cc1F. The molecule has 2 aromatic heterocycles. The molecule has 0 saturated heterocycles. The Balaban J connectivity index is 1.42. The third-order valence-electron chi connectivity index (χ3n) is 8.61. The van der Waals surface area contributed by atoms with Crippen molar-refractivity contribution in [3.63, 3.8) is 0 Å². The van der Waals surface area contributed by atoms with Crippen LogP contribution in [0.5, 0.6) is 0 Å². The fraction of sp³-hybridized carbons (Fsp3) is 0.290. The second kappa shape index (κ2) is 9.52. The van der Waals surface area contributed by atoms with Gasteiger partial charge in [0, 0.05) is 29.2 Å². The van der Waals surface area contributed by atoms with Crippen molar-refractivity contribution in [1.29, 1.82) is 0 Å². The Morgan fingerprint density at radius 2 is 1.82 bits per heavy atom. The lowest BCUT2D eigenvalue weighted by atomic mass is 9.56. The second-order valence-electron chi connectivity index (χ2n) is 10.8. The van der Waals surface area contributed by atoms with Crippen LogP contribution in [0.3, 0.4) is 0 Å². The van der Waals surface area contributed by atoms with Gasteiger partial charge in [-0.1, -0.05) is 12.1 Å². The molecule has 2 aliphatic rings. The van der Waals surface area contributed by atoms with Gasteiger partial charge in [-0.25, -0.2) is 17.2 Å². The Kier molecular flexibility index (Phi) is 6.25. The summed E-state index contributed by atoms with van der Waals surface area (Å²) < 4.78 is 57.5. The van der Waals surface area contributed by atoms with Gasteiger partial charge < -0.3 is 4.57 Å². The summed E-state index contributed by atoms with van der Waals surface area (Å²) >= 11 is 0. The van der Waals surface area contributed by atoms with E-state index in [0.29, 0.717) is 36.9 Å². The van der Waals surface area contributed by atoms with E-state index in [2.05, 4.69) is 4.98 Å². The zero-order valence-electron chi connectivity index (χ0n) is 21.5. The lowest BCUT2D eigenvalue weighted by Gasteiger charge is -2.48. The molecule has 39 heavy (non-hydrogen) atoms. The first-order chi connectivity index (χ1) is 18.7. The third kappa shape index (κ3) is 4.31. The molecule has 2 aliphatic carbocycles. The van der Waals surface area contributed by atoms with E-state index >= 15 is 0 Å². The van der Waals surface area contributed by atoms with Crippen LogP contribution in [-0.2, 0) is 22.7 Å². The second-order valence-corrected chi connectivity index (χ2v) is 13.0. The highest BCUT2D eigenvalue weighted by atomic mass is 32.2. The number of fused-ring (bicyclic) bond motifs is 2. The van der Waals surface area contributed by atoms with Gasteiger partial charge in [0.15, 0.2) is 15.6 Å². The maximum atomic E-state index is 14.4. The summed E-state index contributed by atoms with van der Waals surface area (Å²) in [5, 5.41) is -0.816. The van der Waals surface area contributed by atoms with Crippen molar-refractivity contribution in [2.45, 2.75) is 49.2 Å². The molecular formula is C31H28F2N2O3S. The van der Waals surface area contributed by atoms with Gasteiger partial charge in [-0.15, -0.1) is 0 Å². The van der Waals surface area contributed by atoms with E-state index in [1.54, 1.807) is 43.5 Å². The van der Waals surface area contributed by atoms with Crippen LogP contribution in [0.2, 0.25) is 0 Å². The third-order valence-corrected chi connectivity index (χ3v) is 10.8. The molecule has 2 aromatic carbocycles. The van der Waals surface area contributed by atoms with Crippen molar-refractivity contribution in [3.05, 3.63) is 113 Å². The summed E-state index contributed by atoms with van der Waals surface area (Å²) in [4.78, 5) is 18.5. The fourth-order valence-corrected chi connectivity index (χ4v) is 8.36. The summed E-state index contributed by atoms with van der Waals surface area (Å²) in [6, 6.07) is 17.5. The number of Topliss-reactive ketones (excluding diaryl/α,β-unsaturated/α-hetero) is 1. The molecule has 200 valence electrons. The lowest BCUT2D eigenvalue weighted by Crippen LogP contribution is -2.51. The van der Waals surface area contributed by atoms with Crippen LogP contribution in [-0.4, -0.2) is 29.0 Å². The molecule has 1 fully saturated rings. The Morgan fingerprint density at radius 1 is 1.03 bits per heavy atom. The highest BCUT2D eigenvalue weighted by Gasteiger charge is 2.55. The van der Waals surface area contributed by atoms with Crippen molar-refractivity contribution < 1.29 is 22.0 Å². The lowest BCUT2D eigenvalue weighted by molar-refractivity contribution is 0.0488. The first-order valence-corrected chi connectivity index (χ1v) is 14.6. The number of hydrogen-bond acceptors (Lipinski definition) is 4. The molecule has 0 N–H and O–H groups in total. The summed E-state index contributed by atoms with van der Waals surface area (Å²) in [5.74, 6) is -1.13. The number of carbonyl (C=O) groups excluding carboxylic acids is 1. The number of halogens is 2. The smallest absolute Gasteiger partial charge is 0.187 e. The quantitative estimate of drug-likeness (QED) is 0.285. The van der Waals surface area contributed by atoms with Crippen LogP contribution >= 0.6 is 0 Å². The van der Waals surface area contributed by atoms with Gasteiger partial charge in [0.1, 0.15) is 17.3 Å². The first-order valence-electron chi connectivity index (χ1n) is 13.1. The van der Waals surface area contributed by atoms with Crippen LogP contribution < -0.4 is 0 Å². The van der Waals surface area contributed by atoms with E-state index in [1.165, 1.54) is 24.3 Å². The molecule has 4 aromatic rings. The monoisotopic (exact) mass is 546 g/mol. The van der Waals surface area contributed by atoms with E-state index < -0.39 is 26.3 Å². The molecule has 6 rings (SSSR count). The number of rotatable bonds is 5. The topological polar surface area (TPSA) is 69.0 Å². The Morgan fingerprint density at radius 3 is 2.54 bits per heavy atom. The number of ketones is 1. The van der Waals surface area contributed by atoms with E-state index in [1.807, 2.05) is 16.8 Å². The summed E-state index contributed by atoms with van der Waals surface area (Å²) in [6.07, 6.45) is 5.53. The van der Waals surface area contributed by atoms with Gasteiger partial charge in [-0.05, 0) is 111 Å². The molecule has 1 unspecified atom stereocenters. The Bertz CT molecular complexity index is 1670. The first kappa shape index (κ1) is 25.6. The van der Waals surface area contributed by atoms with Crippen molar-refractivity contribution in [1.82, 2.24) is 9.55 Å². The van der Waals surface area contributed by atoms with E-state index in [9.17, 15) is 22.0 Å². The summed E-state index contributed by atoms with van der Waals surface area (Å²) in [5.41, 5.74) is 2.60. The molecule has 5 nitrogen and oxygen atoms in total. The predicted octanol–water partition coefficient (Wildman–Crippen LogP) is 6.07. The summed E-state index contributed by atoms with van der Waals surface area (Å²) in [7, 11) is -3.88. The Labute approximate surface area is 226 Å². The van der Waals surface area contributed by atoms with Gasteiger partial charge in [0.25, 0.3) is 0 Å². The minimum absolute atomic E-state index is 0.0477. The minimum atomic E-state index is -3.88. The van der Waals surface area contributed by atoms with Crippen LogP contribution in [0, 0.1) is 29.9 Å². The van der Waals surface area contributed by atoms with Crippen LogP contribution in [0.25, 0.3) is 5.69 Å². The highest BCUT2D eigenvalue weighted by molar-refractivity contribution is 7.92. The summed E-state index contributed by atoms with van der Waals surface area (Å²) in [6.45, 7) is 1.59. The standard InChI is InChI=1S/C31H28F2N2O3S/c1-20-5-11-25(17-27(20)33)39(37,38)26-12-6-22-16-29-21(13-15-35(29)24-9-7-23(32)8-10-24)18-31(22,19-26)30(36)28-4-2-3-14-34-28/h2-5,7-11,13-15,17,22,26H,6,12,16,18-19H2,1H3/t22?,26-,31-/m0/s1. The number of aryl methyl sites for hydroxylation is 1.